The average molecular weight is 376 g/mol. The van der Waals surface area contributed by atoms with Crippen LogP contribution in [0.25, 0.3) is 0 Å². The highest BCUT2D eigenvalue weighted by molar-refractivity contribution is 5.79. The van der Waals surface area contributed by atoms with Gasteiger partial charge in [0.15, 0.2) is 0 Å². The molecule has 0 spiro atoms. The number of carbonyl (C=O) groups excluding carboxylic acids is 1. The molecule has 27 heavy (non-hydrogen) atoms. The summed E-state index contributed by atoms with van der Waals surface area (Å²) in [6.07, 6.45) is -1.15. The summed E-state index contributed by atoms with van der Waals surface area (Å²) in [5, 5.41) is 3.09. The number of halogens is 3. The highest BCUT2D eigenvalue weighted by atomic mass is 19.4. The van der Waals surface area contributed by atoms with E-state index in [0.29, 0.717) is 12.0 Å². The van der Waals surface area contributed by atoms with Crippen LogP contribution in [0.2, 0.25) is 0 Å². The molecule has 2 atom stereocenters. The first-order valence-electron chi connectivity index (χ1n) is 9.09. The maximum Gasteiger partial charge on any atom is 0.416 e. The predicted octanol–water partition coefficient (Wildman–Crippen LogP) is 4.66. The van der Waals surface area contributed by atoms with Crippen molar-refractivity contribution < 1.29 is 18.0 Å². The van der Waals surface area contributed by atoms with Crippen LogP contribution in [0, 0.1) is 5.92 Å². The number of fused-ring (bicyclic) bond motifs is 1. The molecule has 6 heteroatoms. The molecule has 3 N–H and O–H groups in total. The van der Waals surface area contributed by atoms with Crippen LogP contribution in [0.4, 0.5) is 18.9 Å². The highest BCUT2D eigenvalue weighted by Crippen LogP contribution is 2.32. The van der Waals surface area contributed by atoms with Gasteiger partial charge in [0.25, 0.3) is 0 Å². The Morgan fingerprint density at radius 1 is 1.22 bits per heavy atom. The average Bonchev–Trinajstić information content (AvgIpc) is 2.61. The van der Waals surface area contributed by atoms with Gasteiger partial charge in [0.05, 0.1) is 11.6 Å². The Labute approximate surface area is 156 Å². The lowest BCUT2D eigenvalue weighted by molar-refractivity contribution is -0.137. The molecule has 1 aliphatic carbocycles. The van der Waals surface area contributed by atoms with Crippen LogP contribution in [0.3, 0.4) is 0 Å². The van der Waals surface area contributed by atoms with Crippen molar-refractivity contribution >= 4 is 11.6 Å². The minimum atomic E-state index is -4.35. The Morgan fingerprint density at radius 3 is 2.59 bits per heavy atom. The van der Waals surface area contributed by atoms with Crippen LogP contribution in [0.5, 0.6) is 0 Å². The van der Waals surface area contributed by atoms with Crippen molar-refractivity contribution in [3.8, 4) is 0 Å². The smallest absolute Gasteiger partial charge is 0.399 e. The SMILES string of the molecule is CC(Cc1ccc(C(F)(F)F)cc1)C(=O)NC1CCCc2cc(N)ccc21. The number of amides is 1. The van der Waals surface area contributed by atoms with E-state index in [2.05, 4.69) is 5.32 Å². The Hall–Kier alpha value is -2.50. The highest BCUT2D eigenvalue weighted by Gasteiger charge is 2.30. The Bertz CT molecular complexity index is 815. The van der Waals surface area contributed by atoms with Gasteiger partial charge < -0.3 is 11.1 Å². The van der Waals surface area contributed by atoms with E-state index in [-0.39, 0.29) is 17.9 Å². The Morgan fingerprint density at radius 2 is 1.93 bits per heavy atom. The number of nitrogens with two attached hydrogens (primary N) is 1. The van der Waals surface area contributed by atoms with Crippen LogP contribution in [-0.2, 0) is 23.8 Å². The fraction of sp³-hybridized carbons (Fsp3) is 0.381. The predicted molar refractivity (Wildman–Crippen MR) is 99.0 cm³/mol. The number of nitrogen functional groups attached to an aromatic ring is 1. The molecule has 0 radical (unpaired) electrons. The van der Waals surface area contributed by atoms with Gasteiger partial charge in [-0.25, -0.2) is 0 Å². The number of hydrogen-bond donors (Lipinski definition) is 2. The second-order valence-corrected chi connectivity index (χ2v) is 7.21. The minimum absolute atomic E-state index is 0.0445. The zero-order valence-electron chi connectivity index (χ0n) is 15.1. The van der Waals surface area contributed by atoms with Gasteiger partial charge in [-0.3, -0.25) is 4.79 Å². The summed E-state index contributed by atoms with van der Waals surface area (Å²) in [5.41, 5.74) is 8.86. The molecule has 144 valence electrons. The zero-order chi connectivity index (χ0) is 19.6. The molecular weight excluding hydrogens is 353 g/mol. The molecule has 3 nitrogen and oxygen atoms in total. The number of alkyl halides is 3. The third-order valence-corrected chi connectivity index (χ3v) is 5.07. The van der Waals surface area contributed by atoms with Gasteiger partial charge in [-0.05, 0) is 66.6 Å². The maximum atomic E-state index is 12.6. The van der Waals surface area contributed by atoms with E-state index in [9.17, 15) is 18.0 Å². The number of aryl methyl sites for hydroxylation is 1. The number of rotatable bonds is 4. The molecule has 0 bridgehead atoms. The number of hydrogen-bond acceptors (Lipinski definition) is 2. The minimum Gasteiger partial charge on any atom is -0.399 e. The van der Waals surface area contributed by atoms with E-state index >= 15 is 0 Å². The van der Waals surface area contributed by atoms with Gasteiger partial charge in [0.2, 0.25) is 5.91 Å². The van der Waals surface area contributed by atoms with Crippen LogP contribution in [0.1, 0.15) is 48.1 Å². The van der Waals surface area contributed by atoms with Gasteiger partial charge in [-0.15, -0.1) is 0 Å². The second-order valence-electron chi connectivity index (χ2n) is 7.21. The number of benzene rings is 2. The van der Waals surface area contributed by atoms with Crippen molar-refractivity contribution in [3.05, 3.63) is 64.7 Å². The normalized spacial score (nSPS) is 17.9. The van der Waals surface area contributed by atoms with E-state index < -0.39 is 11.7 Å². The van der Waals surface area contributed by atoms with E-state index in [1.807, 2.05) is 18.2 Å². The molecule has 0 aromatic heterocycles. The van der Waals surface area contributed by atoms with E-state index in [1.54, 1.807) is 6.92 Å². The molecule has 2 aromatic rings. The molecule has 0 heterocycles. The standard InChI is InChI=1S/C21H23F3N2O/c1-13(11-14-5-7-16(8-6-14)21(22,23)24)20(27)26-19-4-2-3-15-12-17(25)9-10-18(15)19/h5-10,12-13,19H,2-4,11,25H2,1H3,(H,26,27). The maximum absolute atomic E-state index is 12.6. The van der Waals surface area contributed by atoms with Crippen LogP contribution >= 0.6 is 0 Å². The number of carbonyl (C=O) groups is 1. The molecule has 1 aliphatic rings. The lowest BCUT2D eigenvalue weighted by Crippen LogP contribution is -2.35. The zero-order valence-corrected chi connectivity index (χ0v) is 15.1. The molecule has 2 unspecified atom stereocenters. The van der Waals surface area contributed by atoms with Crippen molar-refractivity contribution in [2.24, 2.45) is 5.92 Å². The molecule has 3 rings (SSSR count). The fourth-order valence-corrected chi connectivity index (χ4v) is 3.57. The van der Waals surface area contributed by atoms with Crippen LogP contribution in [-0.4, -0.2) is 5.91 Å². The Balaban J connectivity index is 1.63. The summed E-state index contributed by atoms with van der Waals surface area (Å²) < 4.78 is 37.9. The van der Waals surface area contributed by atoms with Crippen molar-refractivity contribution in [3.63, 3.8) is 0 Å². The Kier molecular flexibility index (Phi) is 5.44. The molecule has 0 fully saturated rings. The fourth-order valence-electron chi connectivity index (χ4n) is 3.57. The number of anilines is 1. The molecule has 0 aliphatic heterocycles. The summed E-state index contributed by atoms with van der Waals surface area (Å²) in [7, 11) is 0. The molecule has 0 saturated carbocycles. The monoisotopic (exact) mass is 376 g/mol. The summed E-state index contributed by atoms with van der Waals surface area (Å²) in [6, 6.07) is 10.7. The molecular formula is C21H23F3N2O. The summed E-state index contributed by atoms with van der Waals surface area (Å²) in [6.45, 7) is 1.79. The first-order chi connectivity index (χ1) is 12.7. The van der Waals surface area contributed by atoms with Crippen LogP contribution < -0.4 is 11.1 Å². The second kappa shape index (κ2) is 7.62. The summed E-state index contributed by atoms with van der Waals surface area (Å²) >= 11 is 0. The van der Waals surface area contributed by atoms with Gasteiger partial charge in [-0.2, -0.15) is 13.2 Å². The lowest BCUT2D eigenvalue weighted by atomic mass is 9.87. The van der Waals surface area contributed by atoms with Crippen LogP contribution in [0.15, 0.2) is 42.5 Å². The third-order valence-electron chi connectivity index (χ3n) is 5.07. The van der Waals surface area contributed by atoms with Gasteiger partial charge >= 0.3 is 6.18 Å². The van der Waals surface area contributed by atoms with E-state index in [4.69, 9.17) is 5.73 Å². The summed E-state index contributed by atoms with van der Waals surface area (Å²) in [5.74, 6) is -0.425. The molecule has 0 saturated heterocycles. The van der Waals surface area contributed by atoms with Gasteiger partial charge in [0.1, 0.15) is 0 Å². The molecule has 2 aromatic carbocycles. The lowest BCUT2D eigenvalue weighted by Gasteiger charge is -2.28. The summed E-state index contributed by atoms with van der Waals surface area (Å²) in [4.78, 5) is 12.6. The van der Waals surface area contributed by atoms with Crippen molar-refractivity contribution in [1.29, 1.82) is 0 Å². The third kappa shape index (κ3) is 4.62. The van der Waals surface area contributed by atoms with Crippen molar-refractivity contribution in [1.82, 2.24) is 5.32 Å². The molecule has 1 amide bonds. The topological polar surface area (TPSA) is 55.1 Å². The first kappa shape index (κ1) is 19.3. The van der Waals surface area contributed by atoms with E-state index in [1.165, 1.54) is 17.7 Å². The quantitative estimate of drug-likeness (QED) is 0.763. The largest absolute Gasteiger partial charge is 0.416 e. The van der Waals surface area contributed by atoms with Crippen molar-refractivity contribution in [2.75, 3.05) is 5.73 Å². The van der Waals surface area contributed by atoms with Gasteiger partial charge in [-0.1, -0.05) is 25.1 Å². The number of nitrogens with one attached hydrogen (secondary N) is 1. The first-order valence-corrected chi connectivity index (χ1v) is 9.09. The van der Waals surface area contributed by atoms with E-state index in [0.717, 1.165) is 42.6 Å². The van der Waals surface area contributed by atoms with Gasteiger partial charge in [0, 0.05) is 11.6 Å². The van der Waals surface area contributed by atoms with Crippen molar-refractivity contribution in [2.45, 2.75) is 44.8 Å².